The minimum Gasteiger partial charge on any atom is -0.478 e. The Morgan fingerprint density at radius 1 is 1.25 bits per heavy atom. The van der Waals surface area contributed by atoms with Gasteiger partial charge in [-0.1, -0.05) is 15.9 Å². The molecule has 0 saturated heterocycles. The van der Waals surface area contributed by atoms with Crippen LogP contribution in [0.5, 0.6) is 11.6 Å². The molecule has 1 aromatic heterocycles. The van der Waals surface area contributed by atoms with E-state index in [0.29, 0.717) is 4.47 Å². The number of aromatic nitrogens is 1. The van der Waals surface area contributed by atoms with E-state index >= 15 is 0 Å². The van der Waals surface area contributed by atoms with Gasteiger partial charge in [-0.25, -0.2) is 9.78 Å². The summed E-state index contributed by atoms with van der Waals surface area (Å²) in [5, 5.41) is 9.13. The predicted molar refractivity (Wildman–Crippen MR) is 73.9 cm³/mol. The van der Waals surface area contributed by atoms with Crippen molar-refractivity contribution in [3.05, 3.63) is 52.1 Å². The lowest BCUT2D eigenvalue weighted by Gasteiger charge is -2.10. The number of aromatic carboxylic acids is 1. The summed E-state index contributed by atoms with van der Waals surface area (Å²) in [6, 6.07) is 7.46. The maximum Gasteiger partial charge on any atom is 0.339 e. The number of carboxylic acid groups (broad SMARTS) is 1. The van der Waals surface area contributed by atoms with E-state index in [-0.39, 0.29) is 22.8 Å². The zero-order valence-corrected chi connectivity index (χ0v) is 11.6. The topological polar surface area (TPSA) is 103 Å². The van der Waals surface area contributed by atoms with Crippen molar-refractivity contribution in [2.45, 2.75) is 0 Å². The van der Waals surface area contributed by atoms with Crippen molar-refractivity contribution in [3.63, 3.8) is 0 Å². The SMILES string of the molecule is NC(=O)c1cccnc1Oc1ccc(Br)cc1C(=O)O. The third-order valence-electron chi connectivity index (χ3n) is 2.42. The lowest BCUT2D eigenvalue weighted by Crippen LogP contribution is -2.13. The third kappa shape index (κ3) is 2.94. The van der Waals surface area contributed by atoms with Crippen LogP contribution < -0.4 is 10.5 Å². The summed E-state index contributed by atoms with van der Waals surface area (Å²) in [6.45, 7) is 0. The van der Waals surface area contributed by atoms with E-state index in [2.05, 4.69) is 20.9 Å². The van der Waals surface area contributed by atoms with E-state index < -0.39 is 11.9 Å². The Labute approximate surface area is 122 Å². The molecule has 0 aliphatic rings. The van der Waals surface area contributed by atoms with Gasteiger partial charge in [-0.3, -0.25) is 4.79 Å². The van der Waals surface area contributed by atoms with Gasteiger partial charge in [-0.15, -0.1) is 0 Å². The van der Waals surface area contributed by atoms with E-state index in [1.165, 1.54) is 30.5 Å². The Bertz CT molecular complexity index is 688. The van der Waals surface area contributed by atoms with Crippen LogP contribution in [0.3, 0.4) is 0 Å². The molecule has 1 aromatic carbocycles. The number of primary amides is 1. The molecule has 0 unspecified atom stereocenters. The van der Waals surface area contributed by atoms with Gasteiger partial charge in [0.25, 0.3) is 5.91 Å². The molecule has 0 aliphatic carbocycles. The molecule has 0 fully saturated rings. The smallest absolute Gasteiger partial charge is 0.339 e. The van der Waals surface area contributed by atoms with Gasteiger partial charge in [-0.05, 0) is 30.3 Å². The van der Waals surface area contributed by atoms with Crippen LogP contribution in [0.1, 0.15) is 20.7 Å². The lowest BCUT2D eigenvalue weighted by molar-refractivity contribution is 0.0694. The van der Waals surface area contributed by atoms with Gasteiger partial charge in [0.05, 0.1) is 0 Å². The monoisotopic (exact) mass is 336 g/mol. The van der Waals surface area contributed by atoms with Crippen LogP contribution in [0, 0.1) is 0 Å². The Hall–Kier alpha value is -2.41. The molecule has 0 saturated carbocycles. The number of nitrogens with zero attached hydrogens (tertiary/aromatic N) is 1. The first-order valence-corrected chi connectivity index (χ1v) is 6.24. The minimum atomic E-state index is -1.15. The number of carbonyl (C=O) groups is 2. The number of ether oxygens (including phenoxy) is 1. The number of carboxylic acids is 1. The number of pyridine rings is 1. The summed E-state index contributed by atoms with van der Waals surface area (Å²) in [7, 11) is 0. The molecule has 6 nitrogen and oxygen atoms in total. The average Bonchev–Trinajstić information content (AvgIpc) is 2.41. The molecule has 102 valence electrons. The van der Waals surface area contributed by atoms with Crippen molar-refractivity contribution in [3.8, 4) is 11.6 Å². The largest absolute Gasteiger partial charge is 0.478 e. The van der Waals surface area contributed by atoms with Crippen LogP contribution in [-0.4, -0.2) is 22.0 Å². The molecular formula is C13H9BrN2O4. The van der Waals surface area contributed by atoms with Crippen LogP contribution in [0.25, 0.3) is 0 Å². The molecule has 0 bridgehead atoms. The summed E-state index contributed by atoms with van der Waals surface area (Å²) in [6.07, 6.45) is 1.42. The number of amides is 1. The molecule has 0 spiro atoms. The first kappa shape index (κ1) is 14.0. The molecular weight excluding hydrogens is 328 g/mol. The number of halogens is 1. The van der Waals surface area contributed by atoms with E-state index in [1.54, 1.807) is 6.07 Å². The molecule has 1 amide bonds. The second-order valence-electron chi connectivity index (χ2n) is 3.77. The second kappa shape index (κ2) is 5.70. The molecule has 2 aromatic rings. The van der Waals surface area contributed by atoms with Crippen LogP contribution in [-0.2, 0) is 0 Å². The minimum absolute atomic E-state index is 0.0372. The first-order valence-electron chi connectivity index (χ1n) is 5.44. The van der Waals surface area contributed by atoms with Crippen LogP contribution in [0.4, 0.5) is 0 Å². The molecule has 2 rings (SSSR count). The summed E-state index contributed by atoms with van der Waals surface area (Å²) in [5.41, 5.74) is 5.23. The maximum absolute atomic E-state index is 11.3. The zero-order valence-electron chi connectivity index (χ0n) is 10.0. The number of benzene rings is 1. The van der Waals surface area contributed by atoms with Crippen molar-refractivity contribution in [1.82, 2.24) is 4.98 Å². The highest BCUT2D eigenvalue weighted by Crippen LogP contribution is 2.28. The van der Waals surface area contributed by atoms with Gasteiger partial charge >= 0.3 is 5.97 Å². The first-order chi connectivity index (χ1) is 9.49. The highest BCUT2D eigenvalue weighted by Gasteiger charge is 2.16. The van der Waals surface area contributed by atoms with Crippen LogP contribution in [0.15, 0.2) is 41.0 Å². The Morgan fingerprint density at radius 3 is 2.65 bits per heavy atom. The summed E-state index contributed by atoms with van der Waals surface area (Å²) in [5.74, 6) is -1.83. The molecule has 0 radical (unpaired) electrons. The lowest BCUT2D eigenvalue weighted by atomic mass is 10.2. The van der Waals surface area contributed by atoms with E-state index in [0.717, 1.165) is 0 Å². The Kier molecular flexibility index (Phi) is 3.99. The third-order valence-corrected chi connectivity index (χ3v) is 2.91. The van der Waals surface area contributed by atoms with E-state index in [1.807, 2.05) is 0 Å². The van der Waals surface area contributed by atoms with E-state index in [4.69, 9.17) is 15.6 Å². The average molecular weight is 337 g/mol. The quantitative estimate of drug-likeness (QED) is 0.892. The van der Waals surface area contributed by atoms with Crippen LogP contribution in [0.2, 0.25) is 0 Å². The van der Waals surface area contributed by atoms with Gasteiger partial charge in [-0.2, -0.15) is 0 Å². The molecule has 7 heteroatoms. The number of hydrogen-bond acceptors (Lipinski definition) is 4. The highest BCUT2D eigenvalue weighted by molar-refractivity contribution is 9.10. The molecule has 3 N–H and O–H groups in total. The number of hydrogen-bond donors (Lipinski definition) is 2. The predicted octanol–water partition coefficient (Wildman–Crippen LogP) is 2.43. The fourth-order valence-corrected chi connectivity index (χ4v) is 1.88. The number of nitrogens with two attached hydrogens (primary N) is 1. The van der Waals surface area contributed by atoms with Gasteiger partial charge in [0.2, 0.25) is 5.88 Å². The Balaban J connectivity index is 2.45. The second-order valence-corrected chi connectivity index (χ2v) is 4.68. The molecule has 20 heavy (non-hydrogen) atoms. The standard InChI is InChI=1S/C13H9BrN2O4/c14-7-3-4-10(9(6-7)13(18)19)20-12-8(11(15)17)2-1-5-16-12/h1-6H,(H2,15,17)(H,18,19). The number of rotatable bonds is 4. The van der Waals surface area contributed by atoms with E-state index in [9.17, 15) is 9.59 Å². The fourth-order valence-electron chi connectivity index (χ4n) is 1.52. The van der Waals surface area contributed by atoms with Gasteiger partial charge in [0, 0.05) is 10.7 Å². The zero-order chi connectivity index (χ0) is 14.7. The highest BCUT2D eigenvalue weighted by atomic mass is 79.9. The summed E-state index contributed by atoms with van der Waals surface area (Å²) in [4.78, 5) is 26.3. The molecule has 0 aliphatic heterocycles. The molecule has 0 atom stereocenters. The van der Waals surface area contributed by atoms with Crippen molar-refractivity contribution in [2.24, 2.45) is 5.73 Å². The van der Waals surface area contributed by atoms with Gasteiger partial charge in [0.1, 0.15) is 16.9 Å². The van der Waals surface area contributed by atoms with Gasteiger partial charge < -0.3 is 15.6 Å². The van der Waals surface area contributed by atoms with Crippen molar-refractivity contribution in [2.75, 3.05) is 0 Å². The van der Waals surface area contributed by atoms with Gasteiger partial charge in [0.15, 0.2) is 0 Å². The Morgan fingerprint density at radius 2 is 2.00 bits per heavy atom. The summed E-state index contributed by atoms with van der Waals surface area (Å²) < 4.78 is 6.00. The normalized spacial score (nSPS) is 10.1. The maximum atomic E-state index is 11.3. The van der Waals surface area contributed by atoms with Crippen molar-refractivity contribution in [1.29, 1.82) is 0 Å². The molecule has 1 heterocycles. The van der Waals surface area contributed by atoms with Crippen molar-refractivity contribution < 1.29 is 19.4 Å². The van der Waals surface area contributed by atoms with Crippen LogP contribution >= 0.6 is 15.9 Å². The summed E-state index contributed by atoms with van der Waals surface area (Å²) >= 11 is 3.18. The fraction of sp³-hybridized carbons (Fsp3) is 0. The number of carbonyl (C=O) groups excluding carboxylic acids is 1. The van der Waals surface area contributed by atoms with Crippen molar-refractivity contribution >= 4 is 27.8 Å².